The molecule has 0 aliphatic rings. The summed E-state index contributed by atoms with van der Waals surface area (Å²) in [5, 5.41) is 10.00. The molecule has 18 heavy (non-hydrogen) atoms. The molecule has 1 aromatic heterocycles. The van der Waals surface area contributed by atoms with E-state index in [4.69, 9.17) is 0 Å². The lowest BCUT2D eigenvalue weighted by Gasteiger charge is -2.17. The van der Waals surface area contributed by atoms with E-state index in [1.807, 2.05) is 0 Å². The number of aliphatic hydroxyl groups is 1. The van der Waals surface area contributed by atoms with Gasteiger partial charge < -0.3 is 5.11 Å². The lowest BCUT2D eigenvalue weighted by molar-refractivity contribution is -0.139. The molecule has 0 aliphatic carbocycles. The Morgan fingerprint density at radius 1 is 1.06 bits per heavy atom. The van der Waals surface area contributed by atoms with Crippen molar-refractivity contribution in [3.8, 4) is 0 Å². The molecule has 94 valence electrons. The fourth-order valence-corrected chi connectivity index (χ4v) is 1.70. The third-order valence-electron chi connectivity index (χ3n) is 2.57. The van der Waals surface area contributed by atoms with Gasteiger partial charge >= 0.3 is 6.18 Å². The van der Waals surface area contributed by atoms with E-state index in [9.17, 15) is 18.3 Å². The summed E-state index contributed by atoms with van der Waals surface area (Å²) in [7, 11) is 0. The molecule has 2 aromatic rings. The Morgan fingerprint density at radius 2 is 1.72 bits per heavy atom. The zero-order valence-electron chi connectivity index (χ0n) is 9.22. The van der Waals surface area contributed by atoms with E-state index in [2.05, 4.69) is 4.98 Å². The van der Waals surface area contributed by atoms with Crippen molar-refractivity contribution in [2.24, 2.45) is 0 Å². The van der Waals surface area contributed by atoms with Gasteiger partial charge in [-0.25, -0.2) is 0 Å². The van der Waals surface area contributed by atoms with Gasteiger partial charge in [-0.05, 0) is 11.6 Å². The van der Waals surface area contributed by atoms with Gasteiger partial charge in [0, 0.05) is 18.0 Å². The van der Waals surface area contributed by atoms with Gasteiger partial charge in [0.1, 0.15) is 6.10 Å². The third-order valence-corrected chi connectivity index (χ3v) is 2.57. The minimum Gasteiger partial charge on any atom is -0.384 e. The number of halogens is 3. The molecule has 5 heteroatoms. The van der Waals surface area contributed by atoms with Crippen molar-refractivity contribution >= 4 is 0 Å². The second kappa shape index (κ2) is 4.78. The van der Waals surface area contributed by atoms with E-state index >= 15 is 0 Å². The number of pyridine rings is 1. The quantitative estimate of drug-likeness (QED) is 0.891. The zero-order chi connectivity index (χ0) is 13.2. The number of aliphatic hydroxyl groups excluding tert-OH is 1. The summed E-state index contributed by atoms with van der Waals surface area (Å²) >= 11 is 0. The molecule has 1 heterocycles. The molecule has 1 aromatic carbocycles. The first kappa shape index (κ1) is 12.6. The van der Waals surface area contributed by atoms with Gasteiger partial charge in [0.15, 0.2) is 0 Å². The minimum absolute atomic E-state index is 0.240. The van der Waals surface area contributed by atoms with Crippen LogP contribution in [0, 0.1) is 0 Å². The van der Waals surface area contributed by atoms with Crippen LogP contribution in [0.25, 0.3) is 0 Å². The van der Waals surface area contributed by atoms with Crippen LogP contribution in [-0.2, 0) is 6.18 Å². The molecule has 0 bridgehead atoms. The highest BCUT2D eigenvalue weighted by Crippen LogP contribution is 2.35. The molecule has 0 saturated carbocycles. The molecule has 0 spiro atoms. The topological polar surface area (TPSA) is 33.1 Å². The number of nitrogens with zero attached hydrogens (tertiary/aromatic N) is 1. The number of hydrogen-bond acceptors (Lipinski definition) is 2. The maximum atomic E-state index is 12.8. The Balaban J connectivity index is 2.46. The number of hydrogen-bond donors (Lipinski definition) is 1. The molecule has 1 atom stereocenters. The Morgan fingerprint density at radius 3 is 2.33 bits per heavy atom. The van der Waals surface area contributed by atoms with E-state index < -0.39 is 17.8 Å². The lowest BCUT2D eigenvalue weighted by atomic mass is 9.98. The van der Waals surface area contributed by atoms with Crippen LogP contribution in [0.2, 0.25) is 0 Å². The van der Waals surface area contributed by atoms with E-state index in [1.165, 1.54) is 0 Å². The van der Waals surface area contributed by atoms with Crippen molar-refractivity contribution in [1.82, 2.24) is 4.98 Å². The predicted octanol–water partition coefficient (Wildman–Crippen LogP) is 3.18. The van der Waals surface area contributed by atoms with Gasteiger partial charge in [-0.15, -0.1) is 0 Å². The van der Waals surface area contributed by atoms with Crippen LogP contribution >= 0.6 is 0 Å². The number of aromatic nitrogens is 1. The maximum Gasteiger partial charge on any atom is 0.416 e. The minimum atomic E-state index is -4.51. The lowest BCUT2D eigenvalue weighted by Crippen LogP contribution is -2.13. The predicted molar refractivity (Wildman–Crippen MR) is 59.7 cm³/mol. The van der Waals surface area contributed by atoms with Gasteiger partial charge in [0.2, 0.25) is 0 Å². The molecule has 0 saturated heterocycles. The second-order valence-electron chi connectivity index (χ2n) is 3.77. The summed E-state index contributed by atoms with van der Waals surface area (Å²) in [4.78, 5) is 3.65. The molecule has 0 fully saturated rings. The number of benzene rings is 1. The van der Waals surface area contributed by atoms with Crippen LogP contribution in [0.5, 0.6) is 0 Å². The summed E-state index contributed by atoms with van der Waals surface area (Å²) in [5.41, 5.74) is -0.707. The van der Waals surface area contributed by atoms with Gasteiger partial charge in [-0.3, -0.25) is 4.98 Å². The maximum absolute atomic E-state index is 12.8. The fourth-order valence-electron chi connectivity index (χ4n) is 1.70. The molecule has 0 aliphatic heterocycles. The van der Waals surface area contributed by atoms with Crippen molar-refractivity contribution < 1.29 is 18.3 Å². The Labute approximate surface area is 102 Å². The molecular formula is C13H10F3NO. The van der Waals surface area contributed by atoms with Crippen LogP contribution < -0.4 is 0 Å². The molecule has 1 N–H and O–H groups in total. The standard InChI is InChI=1S/C13H10F3NO/c14-13(15,16)11-6-7-17-8-10(11)12(18)9-4-2-1-3-5-9/h1-8,12,18H/t12-/m1/s1. The van der Waals surface area contributed by atoms with Gasteiger partial charge in [0.25, 0.3) is 0 Å². The van der Waals surface area contributed by atoms with Gasteiger partial charge in [-0.2, -0.15) is 13.2 Å². The first-order chi connectivity index (χ1) is 8.50. The highest BCUT2D eigenvalue weighted by molar-refractivity contribution is 5.35. The molecular weight excluding hydrogens is 243 g/mol. The van der Waals surface area contributed by atoms with E-state index in [0.717, 1.165) is 18.5 Å². The first-order valence-electron chi connectivity index (χ1n) is 5.24. The molecule has 0 unspecified atom stereocenters. The summed E-state index contributed by atoms with van der Waals surface area (Å²) in [6, 6.07) is 9.03. The highest BCUT2D eigenvalue weighted by Gasteiger charge is 2.35. The summed E-state index contributed by atoms with van der Waals surface area (Å²) in [6.45, 7) is 0. The van der Waals surface area contributed by atoms with Crippen LogP contribution in [-0.4, -0.2) is 10.1 Å². The average Bonchev–Trinajstić information content (AvgIpc) is 2.38. The van der Waals surface area contributed by atoms with E-state index in [1.54, 1.807) is 30.3 Å². The smallest absolute Gasteiger partial charge is 0.384 e. The summed E-state index contributed by atoms with van der Waals surface area (Å²) in [6.07, 6.45) is -3.74. The fraction of sp³-hybridized carbons (Fsp3) is 0.154. The summed E-state index contributed by atoms with van der Waals surface area (Å²) < 4.78 is 38.4. The second-order valence-corrected chi connectivity index (χ2v) is 3.77. The largest absolute Gasteiger partial charge is 0.416 e. The molecule has 2 rings (SSSR count). The highest BCUT2D eigenvalue weighted by atomic mass is 19.4. The monoisotopic (exact) mass is 253 g/mol. The number of alkyl halides is 3. The Hall–Kier alpha value is -1.88. The molecule has 0 radical (unpaired) electrons. The van der Waals surface area contributed by atoms with Crippen LogP contribution in [0.1, 0.15) is 22.8 Å². The van der Waals surface area contributed by atoms with Crippen LogP contribution in [0.15, 0.2) is 48.8 Å². The van der Waals surface area contributed by atoms with Crippen molar-refractivity contribution in [3.63, 3.8) is 0 Å². The molecule has 2 nitrogen and oxygen atoms in total. The van der Waals surface area contributed by atoms with Crippen LogP contribution in [0.4, 0.5) is 13.2 Å². The van der Waals surface area contributed by atoms with E-state index in [0.29, 0.717) is 5.56 Å². The van der Waals surface area contributed by atoms with E-state index in [-0.39, 0.29) is 5.56 Å². The van der Waals surface area contributed by atoms with Gasteiger partial charge in [-0.1, -0.05) is 30.3 Å². The van der Waals surface area contributed by atoms with Gasteiger partial charge in [0.05, 0.1) is 5.56 Å². The average molecular weight is 253 g/mol. The normalized spacial score (nSPS) is 13.3. The number of rotatable bonds is 2. The zero-order valence-corrected chi connectivity index (χ0v) is 9.22. The third kappa shape index (κ3) is 2.51. The molecule has 0 amide bonds. The Bertz CT molecular complexity index is 525. The Kier molecular flexibility index (Phi) is 3.34. The van der Waals surface area contributed by atoms with Crippen molar-refractivity contribution in [1.29, 1.82) is 0 Å². The van der Waals surface area contributed by atoms with Crippen molar-refractivity contribution in [2.75, 3.05) is 0 Å². The SMILES string of the molecule is O[C@H](c1ccccc1)c1cnccc1C(F)(F)F. The summed E-state index contributed by atoms with van der Waals surface area (Å²) in [5.74, 6) is 0. The van der Waals surface area contributed by atoms with Crippen molar-refractivity contribution in [3.05, 3.63) is 65.5 Å². The van der Waals surface area contributed by atoms with Crippen molar-refractivity contribution in [2.45, 2.75) is 12.3 Å². The van der Waals surface area contributed by atoms with Crippen LogP contribution in [0.3, 0.4) is 0 Å². The first-order valence-corrected chi connectivity index (χ1v) is 5.24.